The molecule has 0 aliphatic carbocycles. The van der Waals surface area contributed by atoms with E-state index in [1.807, 2.05) is 19.1 Å². The number of benzene rings is 2. The number of hydrogen-bond donors (Lipinski definition) is 3. The number of hydrogen-bond acceptors (Lipinski definition) is 5. The Balaban J connectivity index is 1.38. The van der Waals surface area contributed by atoms with Crippen molar-refractivity contribution < 1.29 is 26.4 Å². The molecule has 0 saturated heterocycles. The van der Waals surface area contributed by atoms with Crippen LogP contribution in [0.3, 0.4) is 0 Å². The Morgan fingerprint density at radius 3 is 2.26 bits per heavy atom. The summed E-state index contributed by atoms with van der Waals surface area (Å²) in [5.41, 5.74) is 1.60. The summed E-state index contributed by atoms with van der Waals surface area (Å²) in [4.78, 5) is 12.9. The molecular formula is C24H26F3N3O3S2. The molecule has 0 aliphatic heterocycles. The number of thiophene rings is 1. The van der Waals surface area contributed by atoms with Crippen LogP contribution in [0.15, 0.2) is 64.9 Å². The largest absolute Gasteiger partial charge is 0.416 e. The molecule has 188 valence electrons. The van der Waals surface area contributed by atoms with E-state index in [0.29, 0.717) is 35.5 Å². The minimum atomic E-state index is -4.36. The third kappa shape index (κ3) is 8.17. The second-order valence-electron chi connectivity index (χ2n) is 7.89. The van der Waals surface area contributed by atoms with E-state index in [-0.39, 0.29) is 23.2 Å². The van der Waals surface area contributed by atoms with Crippen LogP contribution in [0.2, 0.25) is 0 Å². The van der Waals surface area contributed by atoms with Crippen molar-refractivity contribution in [3.05, 3.63) is 87.8 Å². The zero-order valence-electron chi connectivity index (χ0n) is 19.0. The van der Waals surface area contributed by atoms with Gasteiger partial charge in [-0.05, 0) is 61.9 Å². The maximum Gasteiger partial charge on any atom is 0.416 e. The zero-order chi connectivity index (χ0) is 25.5. The number of aryl methyl sites for hydroxylation is 1. The number of carbonyl (C=O) groups excluding carboxylic acids is 1. The molecule has 0 aliphatic rings. The maximum atomic E-state index is 12.6. The molecule has 0 unspecified atom stereocenters. The van der Waals surface area contributed by atoms with Crippen molar-refractivity contribution in [1.82, 2.24) is 15.4 Å². The highest BCUT2D eigenvalue weighted by atomic mass is 32.2. The van der Waals surface area contributed by atoms with Crippen molar-refractivity contribution in [2.24, 2.45) is 0 Å². The van der Waals surface area contributed by atoms with Gasteiger partial charge in [-0.15, -0.1) is 11.3 Å². The molecule has 0 atom stereocenters. The van der Waals surface area contributed by atoms with Crippen LogP contribution in [0.5, 0.6) is 0 Å². The van der Waals surface area contributed by atoms with E-state index in [4.69, 9.17) is 0 Å². The van der Waals surface area contributed by atoms with Gasteiger partial charge in [0.2, 0.25) is 10.0 Å². The topological polar surface area (TPSA) is 87.3 Å². The van der Waals surface area contributed by atoms with Crippen molar-refractivity contribution in [2.75, 3.05) is 13.1 Å². The Morgan fingerprint density at radius 1 is 0.914 bits per heavy atom. The molecule has 6 nitrogen and oxygen atoms in total. The molecular weight excluding hydrogens is 499 g/mol. The number of sulfonamides is 1. The van der Waals surface area contributed by atoms with Gasteiger partial charge in [0.05, 0.1) is 12.1 Å². The van der Waals surface area contributed by atoms with Gasteiger partial charge in [-0.2, -0.15) is 13.2 Å². The Labute approximate surface area is 206 Å². The van der Waals surface area contributed by atoms with Crippen LogP contribution in [0.25, 0.3) is 0 Å². The molecule has 0 spiro atoms. The van der Waals surface area contributed by atoms with Crippen LogP contribution in [0.4, 0.5) is 13.2 Å². The maximum absolute atomic E-state index is 12.6. The van der Waals surface area contributed by atoms with Crippen LogP contribution in [0, 0.1) is 6.92 Å². The molecule has 35 heavy (non-hydrogen) atoms. The lowest BCUT2D eigenvalue weighted by Gasteiger charge is -2.09. The quantitative estimate of drug-likeness (QED) is 0.323. The standard InChI is InChI=1S/C24H26F3N3O3S2/c1-17-3-7-19(8-4-17)23(31)29-16-21-11-12-22(34-21)35(32,33)30-14-2-13-28-15-18-5-9-20(10-6-18)24(25,26)27/h3-12,28,30H,2,13-16H2,1H3,(H,29,31). The lowest BCUT2D eigenvalue weighted by molar-refractivity contribution is -0.137. The Kier molecular flexibility index (Phi) is 9.06. The highest BCUT2D eigenvalue weighted by Crippen LogP contribution is 2.29. The van der Waals surface area contributed by atoms with Gasteiger partial charge in [-0.1, -0.05) is 29.8 Å². The average molecular weight is 526 g/mol. The summed E-state index contributed by atoms with van der Waals surface area (Å²) in [5, 5.41) is 5.86. The molecule has 3 aromatic rings. The van der Waals surface area contributed by atoms with Gasteiger partial charge in [-0.25, -0.2) is 13.1 Å². The van der Waals surface area contributed by atoms with Crippen molar-refractivity contribution in [3.63, 3.8) is 0 Å². The van der Waals surface area contributed by atoms with E-state index in [0.717, 1.165) is 29.0 Å². The molecule has 11 heteroatoms. The smallest absolute Gasteiger partial charge is 0.347 e. The van der Waals surface area contributed by atoms with E-state index in [9.17, 15) is 26.4 Å². The third-order valence-electron chi connectivity index (χ3n) is 5.07. The van der Waals surface area contributed by atoms with Gasteiger partial charge in [0.15, 0.2) is 0 Å². The molecule has 1 heterocycles. The molecule has 0 fully saturated rings. The normalized spacial score (nSPS) is 12.0. The summed E-state index contributed by atoms with van der Waals surface area (Å²) in [5.74, 6) is -0.232. The first-order valence-electron chi connectivity index (χ1n) is 10.8. The van der Waals surface area contributed by atoms with E-state index < -0.39 is 21.8 Å². The fourth-order valence-corrected chi connectivity index (χ4v) is 5.52. The first kappa shape index (κ1) is 26.9. The lowest BCUT2D eigenvalue weighted by atomic mass is 10.1. The molecule has 0 bridgehead atoms. The number of nitrogens with one attached hydrogen (secondary N) is 3. The average Bonchev–Trinajstić information content (AvgIpc) is 3.30. The number of rotatable bonds is 11. The van der Waals surface area contributed by atoms with Crippen LogP contribution >= 0.6 is 11.3 Å². The second kappa shape index (κ2) is 11.8. The summed E-state index contributed by atoms with van der Waals surface area (Å²) in [6.07, 6.45) is -3.85. The number of halogens is 3. The molecule has 0 radical (unpaired) electrons. The van der Waals surface area contributed by atoms with E-state index in [2.05, 4.69) is 15.4 Å². The van der Waals surface area contributed by atoms with Crippen LogP contribution in [-0.2, 0) is 29.3 Å². The van der Waals surface area contributed by atoms with Gasteiger partial charge >= 0.3 is 6.18 Å². The third-order valence-corrected chi connectivity index (χ3v) is 8.11. The SMILES string of the molecule is Cc1ccc(C(=O)NCc2ccc(S(=O)(=O)NCCCNCc3ccc(C(F)(F)F)cc3)s2)cc1. The molecule has 0 saturated carbocycles. The van der Waals surface area contributed by atoms with Crippen LogP contribution in [-0.4, -0.2) is 27.4 Å². The highest BCUT2D eigenvalue weighted by molar-refractivity contribution is 7.91. The summed E-state index contributed by atoms with van der Waals surface area (Å²) >= 11 is 1.09. The molecule has 3 N–H and O–H groups in total. The number of alkyl halides is 3. The minimum absolute atomic E-state index is 0.162. The number of carbonyl (C=O) groups is 1. The summed E-state index contributed by atoms with van der Waals surface area (Å²) in [7, 11) is -3.67. The van der Waals surface area contributed by atoms with Gasteiger partial charge < -0.3 is 10.6 Å². The van der Waals surface area contributed by atoms with Gasteiger partial charge in [0.1, 0.15) is 4.21 Å². The molecule has 3 rings (SSSR count). The second-order valence-corrected chi connectivity index (χ2v) is 11.1. The summed E-state index contributed by atoms with van der Waals surface area (Å²) in [6.45, 7) is 3.24. The highest BCUT2D eigenvalue weighted by Gasteiger charge is 2.29. The molecule has 1 aromatic heterocycles. The van der Waals surface area contributed by atoms with Crippen molar-refractivity contribution in [2.45, 2.75) is 36.8 Å². The molecule has 1 amide bonds. The predicted molar refractivity (Wildman–Crippen MR) is 130 cm³/mol. The van der Waals surface area contributed by atoms with Gasteiger partial charge in [-0.3, -0.25) is 4.79 Å². The van der Waals surface area contributed by atoms with Crippen molar-refractivity contribution >= 4 is 27.3 Å². The summed E-state index contributed by atoms with van der Waals surface area (Å²) in [6, 6.07) is 15.2. The van der Waals surface area contributed by atoms with Crippen LogP contribution < -0.4 is 15.4 Å². The van der Waals surface area contributed by atoms with Crippen molar-refractivity contribution in [3.8, 4) is 0 Å². The Hall–Kier alpha value is -2.73. The Bertz CT molecular complexity index is 1220. The van der Waals surface area contributed by atoms with Gasteiger partial charge in [0.25, 0.3) is 5.91 Å². The lowest BCUT2D eigenvalue weighted by Crippen LogP contribution is -2.27. The van der Waals surface area contributed by atoms with E-state index in [1.54, 1.807) is 18.2 Å². The zero-order valence-corrected chi connectivity index (χ0v) is 20.6. The monoisotopic (exact) mass is 525 g/mol. The van der Waals surface area contributed by atoms with Crippen LogP contribution in [0.1, 0.15) is 38.3 Å². The summed E-state index contributed by atoms with van der Waals surface area (Å²) < 4.78 is 65.5. The number of amides is 1. The first-order valence-corrected chi connectivity index (χ1v) is 13.1. The van der Waals surface area contributed by atoms with E-state index in [1.165, 1.54) is 18.2 Å². The molecule has 2 aromatic carbocycles. The first-order chi connectivity index (χ1) is 16.5. The minimum Gasteiger partial charge on any atom is -0.347 e. The Morgan fingerprint density at radius 2 is 1.60 bits per heavy atom. The van der Waals surface area contributed by atoms with E-state index >= 15 is 0 Å². The van der Waals surface area contributed by atoms with Crippen molar-refractivity contribution in [1.29, 1.82) is 0 Å². The fraction of sp³-hybridized carbons (Fsp3) is 0.292. The van der Waals surface area contributed by atoms with Gasteiger partial charge in [0, 0.05) is 23.5 Å². The predicted octanol–water partition coefficient (Wildman–Crippen LogP) is 4.46. The fourth-order valence-electron chi connectivity index (χ4n) is 3.11.